The van der Waals surface area contributed by atoms with Gasteiger partial charge in [-0.15, -0.1) is 0 Å². The molecule has 0 aliphatic heterocycles. The highest BCUT2D eigenvalue weighted by Crippen LogP contribution is 2.62. The third kappa shape index (κ3) is 6.93. The lowest BCUT2D eigenvalue weighted by molar-refractivity contribution is -0.104. The summed E-state index contributed by atoms with van der Waals surface area (Å²) < 4.78 is 0. The molecule has 6 fully saturated rings. The molecule has 0 radical (unpaired) electrons. The predicted octanol–water partition coefficient (Wildman–Crippen LogP) is 6.42. The van der Waals surface area contributed by atoms with Crippen LogP contribution in [0.3, 0.4) is 0 Å². The maximum atomic E-state index is 3.86. The number of nitrogens with one attached hydrogen (secondary N) is 2. The van der Waals surface area contributed by atoms with Crippen LogP contribution >= 0.6 is 54.0 Å². The summed E-state index contributed by atoms with van der Waals surface area (Å²) in [6.45, 7) is 16.0. The first-order valence-corrected chi connectivity index (χ1v) is 11.2. The SMILES string of the molecule is C.C.CC(CNC[C@@H]1CCC2C[C@@H]1C2(C)C)NCC1CCC2C[C@@H]1C2(C)C.S.S.S.S. The van der Waals surface area contributed by atoms with Crippen molar-refractivity contribution in [3.05, 3.63) is 0 Å². The monoisotopic (exact) mass is 514 g/mol. The van der Waals surface area contributed by atoms with Gasteiger partial charge in [-0.2, -0.15) is 54.0 Å². The van der Waals surface area contributed by atoms with Crippen molar-refractivity contribution < 1.29 is 0 Å². The van der Waals surface area contributed by atoms with Crippen molar-refractivity contribution in [3.63, 3.8) is 0 Å². The first-order valence-electron chi connectivity index (χ1n) is 11.2. The Morgan fingerprint density at radius 1 is 0.710 bits per heavy atom. The molecule has 0 aromatic carbocycles. The Bertz CT molecular complexity index is 496. The lowest BCUT2D eigenvalue weighted by Gasteiger charge is -2.60. The van der Waals surface area contributed by atoms with E-state index in [1.54, 1.807) is 0 Å². The predicted molar refractivity (Wildman–Crippen MR) is 162 cm³/mol. The van der Waals surface area contributed by atoms with Crippen molar-refractivity contribution in [3.8, 4) is 0 Å². The van der Waals surface area contributed by atoms with Gasteiger partial charge >= 0.3 is 0 Å². The quantitative estimate of drug-likeness (QED) is 0.409. The molecule has 0 aromatic heterocycles. The molecule has 0 heterocycles. The summed E-state index contributed by atoms with van der Waals surface area (Å²) in [7, 11) is 0. The summed E-state index contributed by atoms with van der Waals surface area (Å²) in [5.41, 5.74) is 1.25. The fourth-order valence-corrected chi connectivity index (χ4v) is 7.32. The van der Waals surface area contributed by atoms with E-state index in [2.05, 4.69) is 45.3 Å². The molecule has 6 aliphatic rings. The van der Waals surface area contributed by atoms with E-state index in [0.29, 0.717) is 16.9 Å². The molecule has 6 aliphatic carbocycles. The fourth-order valence-electron chi connectivity index (χ4n) is 7.32. The Kier molecular flexibility index (Phi) is 16.7. The zero-order chi connectivity index (χ0) is 17.8. The average molecular weight is 515 g/mol. The van der Waals surface area contributed by atoms with Crippen LogP contribution in [0.15, 0.2) is 0 Å². The lowest BCUT2D eigenvalue weighted by atomic mass is 9.45. The second-order valence-corrected chi connectivity index (χ2v) is 11.4. The third-order valence-corrected chi connectivity index (χ3v) is 9.59. The molecule has 0 amide bonds. The maximum absolute atomic E-state index is 3.86. The maximum Gasteiger partial charge on any atom is 0.0164 e. The molecule has 2 N–H and O–H groups in total. The van der Waals surface area contributed by atoms with Crippen LogP contribution < -0.4 is 10.6 Å². The molecule has 6 rings (SSSR count). The van der Waals surface area contributed by atoms with E-state index in [0.717, 1.165) is 42.1 Å². The van der Waals surface area contributed by atoms with Crippen molar-refractivity contribution in [2.24, 2.45) is 46.3 Å². The van der Waals surface area contributed by atoms with Gasteiger partial charge in [-0.05, 0) is 105 Å². The van der Waals surface area contributed by atoms with Crippen LogP contribution in [0, 0.1) is 46.3 Å². The molecule has 6 saturated carbocycles. The van der Waals surface area contributed by atoms with Gasteiger partial charge in [-0.1, -0.05) is 42.5 Å². The first-order chi connectivity index (χ1) is 11.8. The van der Waals surface area contributed by atoms with Gasteiger partial charge in [-0.25, -0.2) is 0 Å². The van der Waals surface area contributed by atoms with Crippen molar-refractivity contribution in [2.45, 2.75) is 94.0 Å². The second kappa shape index (κ2) is 14.0. The summed E-state index contributed by atoms with van der Waals surface area (Å²) in [6.07, 6.45) is 8.89. The molecule has 2 nitrogen and oxygen atoms in total. The number of rotatable bonds is 7. The Labute approximate surface area is 223 Å². The van der Waals surface area contributed by atoms with Gasteiger partial charge in [0.25, 0.3) is 0 Å². The number of hydrogen-bond acceptors (Lipinski definition) is 2. The second-order valence-electron chi connectivity index (χ2n) is 11.4. The topological polar surface area (TPSA) is 24.1 Å². The fraction of sp³-hybridized carbons (Fsp3) is 1.00. The molecule has 0 aromatic rings. The molecular formula is C25H58N2S4. The van der Waals surface area contributed by atoms with Crippen LogP contribution in [0.25, 0.3) is 0 Å². The molecule has 4 bridgehead atoms. The van der Waals surface area contributed by atoms with E-state index in [4.69, 9.17) is 0 Å². The number of fused-ring (bicyclic) bond motifs is 4. The smallest absolute Gasteiger partial charge is 0.0164 e. The lowest BCUT2D eigenvalue weighted by Crippen LogP contribution is -2.55. The minimum absolute atomic E-state index is 0. The van der Waals surface area contributed by atoms with E-state index in [1.165, 1.54) is 51.6 Å². The van der Waals surface area contributed by atoms with Gasteiger partial charge in [0.2, 0.25) is 0 Å². The van der Waals surface area contributed by atoms with Crippen LogP contribution in [-0.2, 0) is 0 Å². The van der Waals surface area contributed by atoms with E-state index in [9.17, 15) is 0 Å². The van der Waals surface area contributed by atoms with Crippen molar-refractivity contribution >= 4 is 54.0 Å². The molecule has 31 heavy (non-hydrogen) atoms. The van der Waals surface area contributed by atoms with Crippen LogP contribution in [0.5, 0.6) is 0 Å². The normalized spacial score (nSPS) is 35.9. The van der Waals surface area contributed by atoms with Crippen LogP contribution in [0.1, 0.15) is 88.0 Å². The Morgan fingerprint density at radius 2 is 1.13 bits per heavy atom. The minimum Gasteiger partial charge on any atom is -0.315 e. The van der Waals surface area contributed by atoms with Gasteiger partial charge in [0, 0.05) is 12.6 Å². The average Bonchev–Trinajstić information content (AvgIpc) is 2.60. The van der Waals surface area contributed by atoms with Crippen molar-refractivity contribution in [1.29, 1.82) is 0 Å². The zero-order valence-corrected chi connectivity index (χ0v) is 23.4. The number of hydrogen-bond donors (Lipinski definition) is 2. The van der Waals surface area contributed by atoms with Gasteiger partial charge in [0.15, 0.2) is 0 Å². The van der Waals surface area contributed by atoms with E-state index < -0.39 is 0 Å². The molecule has 7 atom stereocenters. The van der Waals surface area contributed by atoms with Gasteiger partial charge < -0.3 is 10.6 Å². The summed E-state index contributed by atoms with van der Waals surface area (Å²) in [6, 6.07) is 0.603. The van der Waals surface area contributed by atoms with E-state index in [1.807, 2.05) is 0 Å². The van der Waals surface area contributed by atoms with Crippen molar-refractivity contribution in [1.82, 2.24) is 10.6 Å². The highest BCUT2D eigenvalue weighted by atomic mass is 32.1. The van der Waals surface area contributed by atoms with Gasteiger partial charge in [-0.3, -0.25) is 0 Å². The summed E-state index contributed by atoms with van der Waals surface area (Å²) in [5, 5.41) is 7.67. The zero-order valence-electron chi connectivity index (χ0n) is 19.4. The molecule has 192 valence electrons. The Hall–Kier alpha value is 1.32. The largest absolute Gasteiger partial charge is 0.315 e. The molecule has 0 spiro atoms. The highest BCUT2D eigenvalue weighted by Gasteiger charge is 2.54. The summed E-state index contributed by atoms with van der Waals surface area (Å²) in [5.74, 6) is 5.87. The van der Waals surface area contributed by atoms with E-state index in [-0.39, 0.29) is 68.8 Å². The van der Waals surface area contributed by atoms with Crippen molar-refractivity contribution in [2.75, 3.05) is 19.6 Å². The molecule has 6 heteroatoms. The van der Waals surface area contributed by atoms with Crippen LogP contribution in [0.4, 0.5) is 0 Å². The van der Waals surface area contributed by atoms with E-state index >= 15 is 0 Å². The third-order valence-electron chi connectivity index (χ3n) is 9.59. The standard InChI is InChI=1S/C23H42N2.2CH4.4H2S/c1-15(25-14-17-7-9-19-11-21(17)23(19,4)5)12-24-13-16-6-8-18-10-20(16)22(18,2)3;;;;;;/h15-21,24-25H,6-14H2,1-5H3;2*1H4;4*1H2/t15?,16-,17?,18?,19?,20-,21-;;;;;;/m0....../s1. The van der Waals surface area contributed by atoms with Crippen LogP contribution in [-0.4, -0.2) is 25.7 Å². The Balaban J connectivity index is -0.00000131. The highest BCUT2D eigenvalue weighted by molar-refractivity contribution is 7.59. The van der Waals surface area contributed by atoms with Crippen LogP contribution in [0.2, 0.25) is 0 Å². The minimum atomic E-state index is 0. The molecule has 0 saturated heterocycles. The first kappa shape index (κ1) is 36.9. The van der Waals surface area contributed by atoms with Gasteiger partial charge in [0.05, 0.1) is 0 Å². The molecule has 4 unspecified atom stereocenters. The Morgan fingerprint density at radius 3 is 1.52 bits per heavy atom. The molecular weight excluding hydrogens is 457 g/mol. The summed E-state index contributed by atoms with van der Waals surface area (Å²) >= 11 is 0. The van der Waals surface area contributed by atoms with Gasteiger partial charge in [0.1, 0.15) is 0 Å². The summed E-state index contributed by atoms with van der Waals surface area (Å²) in [4.78, 5) is 0.